The van der Waals surface area contributed by atoms with Gasteiger partial charge in [0.05, 0.1) is 17.8 Å². The summed E-state index contributed by atoms with van der Waals surface area (Å²) in [5.41, 5.74) is 0.526. The summed E-state index contributed by atoms with van der Waals surface area (Å²) in [7, 11) is 0. The Balaban J connectivity index is 1.72. The lowest BCUT2D eigenvalue weighted by Crippen LogP contribution is -2.62. The number of nitriles is 1. The van der Waals surface area contributed by atoms with Gasteiger partial charge >= 0.3 is 0 Å². The number of hydrogen-bond acceptors (Lipinski definition) is 5. The summed E-state index contributed by atoms with van der Waals surface area (Å²) in [4.78, 5) is 6.50. The van der Waals surface area contributed by atoms with E-state index in [1.54, 1.807) is 18.3 Å². The van der Waals surface area contributed by atoms with Crippen molar-refractivity contribution >= 4 is 5.82 Å². The average molecular weight is 287 g/mol. The van der Waals surface area contributed by atoms with Gasteiger partial charge in [0.15, 0.2) is 0 Å². The first-order valence-corrected chi connectivity index (χ1v) is 7.61. The third-order valence-electron chi connectivity index (χ3n) is 5.01. The molecule has 0 amide bonds. The summed E-state index contributed by atoms with van der Waals surface area (Å²) in [5, 5.41) is 19.4. The zero-order chi connectivity index (χ0) is 14.9. The Hall–Kier alpha value is -1.64. The molecular formula is C16H21N3O2. The van der Waals surface area contributed by atoms with E-state index in [2.05, 4.69) is 16.0 Å². The standard InChI is InChI=1S/C16H21N3O2/c1-2-21-14-10-13(20)16(14)5-8-19(9-6-16)15-12(11-17)4-3-7-18-15/h3-4,7,13-14,20H,2,5-6,8-10H2,1H3/t13-,14-/m0/s1. The second-order valence-electron chi connectivity index (χ2n) is 5.90. The van der Waals surface area contributed by atoms with Gasteiger partial charge in [-0.2, -0.15) is 5.26 Å². The Labute approximate surface area is 125 Å². The van der Waals surface area contributed by atoms with Crippen LogP contribution < -0.4 is 4.90 Å². The van der Waals surface area contributed by atoms with Crippen molar-refractivity contribution in [2.24, 2.45) is 5.41 Å². The van der Waals surface area contributed by atoms with Crippen molar-refractivity contribution in [1.29, 1.82) is 5.26 Å². The molecule has 21 heavy (non-hydrogen) atoms. The van der Waals surface area contributed by atoms with Gasteiger partial charge in [-0.3, -0.25) is 0 Å². The molecule has 0 bridgehead atoms. The third kappa shape index (κ3) is 2.29. The molecule has 1 aromatic rings. The van der Waals surface area contributed by atoms with Gasteiger partial charge in [-0.25, -0.2) is 4.98 Å². The highest BCUT2D eigenvalue weighted by atomic mass is 16.5. The van der Waals surface area contributed by atoms with Crippen LogP contribution in [0.4, 0.5) is 5.82 Å². The van der Waals surface area contributed by atoms with Crippen molar-refractivity contribution < 1.29 is 9.84 Å². The molecule has 0 unspecified atom stereocenters. The maximum Gasteiger partial charge on any atom is 0.146 e. The van der Waals surface area contributed by atoms with Crippen molar-refractivity contribution in [3.63, 3.8) is 0 Å². The van der Waals surface area contributed by atoms with Crippen LogP contribution in [-0.2, 0) is 4.74 Å². The van der Waals surface area contributed by atoms with Gasteiger partial charge in [-0.15, -0.1) is 0 Å². The van der Waals surface area contributed by atoms with Gasteiger partial charge in [-0.05, 0) is 31.9 Å². The van der Waals surface area contributed by atoms with E-state index in [9.17, 15) is 10.4 Å². The SMILES string of the molecule is CCO[C@H]1C[C@H](O)C12CCN(c1ncccc1C#N)CC2. The summed E-state index contributed by atoms with van der Waals surface area (Å²) < 4.78 is 5.78. The predicted octanol–water partition coefficient (Wildman–Crippen LogP) is 1.71. The number of piperidine rings is 1. The minimum atomic E-state index is -0.254. The van der Waals surface area contributed by atoms with Gasteiger partial charge in [0, 0.05) is 37.7 Å². The van der Waals surface area contributed by atoms with Gasteiger partial charge < -0.3 is 14.7 Å². The molecule has 1 saturated heterocycles. The lowest BCUT2D eigenvalue weighted by molar-refractivity contribution is -0.199. The fourth-order valence-corrected chi connectivity index (χ4v) is 3.69. The Bertz CT molecular complexity index is 545. The van der Waals surface area contributed by atoms with E-state index < -0.39 is 0 Å². The normalized spacial score (nSPS) is 27.2. The van der Waals surface area contributed by atoms with Gasteiger partial charge in [0.1, 0.15) is 11.9 Å². The van der Waals surface area contributed by atoms with Crippen LogP contribution in [0.2, 0.25) is 0 Å². The highest BCUT2D eigenvalue weighted by Crippen LogP contribution is 2.51. The fourth-order valence-electron chi connectivity index (χ4n) is 3.69. The maximum atomic E-state index is 10.2. The van der Waals surface area contributed by atoms with Gasteiger partial charge in [-0.1, -0.05) is 0 Å². The van der Waals surface area contributed by atoms with E-state index in [1.165, 1.54) is 0 Å². The van der Waals surface area contributed by atoms with Crippen LogP contribution >= 0.6 is 0 Å². The number of nitrogens with zero attached hydrogens (tertiary/aromatic N) is 3. The Morgan fingerprint density at radius 2 is 2.29 bits per heavy atom. The highest BCUT2D eigenvalue weighted by Gasteiger charge is 2.56. The first-order chi connectivity index (χ1) is 10.2. The van der Waals surface area contributed by atoms with Gasteiger partial charge in [0.2, 0.25) is 0 Å². The van der Waals surface area contributed by atoms with Crippen LogP contribution in [0.1, 0.15) is 31.7 Å². The Morgan fingerprint density at radius 3 is 2.90 bits per heavy atom. The first-order valence-electron chi connectivity index (χ1n) is 7.61. The summed E-state index contributed by atoms with van der Waals surface area (Å²) in [6.45, 7) is 4.32. The predicted molar refractivity (Wildman–Crippen MR) is 78.9 cm³/mol. The average Bonchev–Trinajstić information content (AvgIpc) is 2.55. The van der Waals surface area contributed by atoms with E-state index in [0.29, 0.717) is 12.2 Å². The molecule has 3 rings (SSSR count). The minimum absolute atomic E-state index is 0.0892. The van der Waals surface area contributed by atoms with E-state index in [-0.39, 0.29) is 17.6 Å². The molecule has 0 radical (unpaired) electrons. The molecule has 1 aliphatic carbocycles. The highest BCUT2D eigenvalue weighted by molar-refractivity contribution is 5.53. The molecule has 2 atom stereocenters. The molecule has 1 N–H and O–H groups in total. The molecular weight excluding hydrogens is 266 g/mol. The number of aromatic nitrogens is 1. The zero-order valence-electron chi connectivity index (χ0n) is 12.3. The lowest BCUT2D eigenvalue weighted by Gasteiger charge is -2.56. The maximum absolute atomic E-state index is 10.2. The number of rotatable bonds is 3. The molecule has 5 heteroatoms. The summed E-state index contributed by atoms with van der Waals surface area (Å²) in [6, 6.07) is 5.79. The van der Waals surface area contributed by atoms with Crippen LogP contribution in [0, 0.1) is 16.7 Å². The number of pyridine rings is 1. The summed E-state index contributed by atoms with van der Waals surface area (Å²) >= 11 is 0. The molecule has 2 fully saturated rings. The molecule has 0 aromatic carbocycles. The Morgan fingerprint density at radius 1 is 1.52 bits per heavy atom. The topological polar surface area (TPSA) is 69.4 Å². The van der Waals surface area contributed by atoms with Crippen LogP contribution in [0.25, 0.3) is 0 Å². The van der Waals surface area contributed by atoms with Crippen molar-refractivity contribution in [3.05, 3.63) is 23.9 Å². The zero-order valence-corrected chi connectivity index (χ0v) is 12.3. The van der Waals surface area contributed by atoms with Crippen LogP contribution in [0.3, 0.4) is 0 Å². The monoisotopic (exact) mass is 287 g/mol. The molecule has 1 spiro atoms. The molecule has 112 valence electrons. The summed E-state index contributed by atoms with van der Waals surface area (Å²) in [5.74, 6) is 0.761. The second-order valence-corrected chi connectivity index (χ2v) is 5.90. The van der Waals surface area contributed by atoms with Crippen LogP contribution in [-0.4, -0.2) is 42.0 Å². The fraction of sp³-hybridized carbons (Fsp3) is 0.625. The smallest absolute Gasteiger partial charge is 0.146 e. The van der Waals surface area contributed by atoms with Gasteiger partial charge in [0.25, 0.3) is 0 Å². The first kappa shape index (κ1) is 14.3. The van der Waals surface area contributed by atoms with Crippen molar-refractivity contribution in [2.75, 3.05) is 24.6 Å². The van der Waals surface area contributed by atoms with Crippen molar-refractivity contribution in [2.45, 2.75) is 38.4 Å². The quantitative estimate of drug-likeness (QED) is 0.916. The summed E-state index contributed by atoms with van der Waals surface area (Å²) in [6.07, 6.45) is 4.18. The molecule has 2 aliphatic rings. The number of anilines is 1. The third-order valence-corrected chi connectivity index (χ3v) is 5.01. The number of aliphatic hydroxyl groups is 1. The van der Waals surface area contributed by atoms with E-state index >= 15 is 0 Å². The van der Waals surface area contributed by atoms with Crippen LogP contribution in [0.5, 0.6) is 0 Å². The second kappa shape index (κ2) is 5.63. The molecule has 1 aliphatic heterocycles. The van der Waals surface area contributed by atoms with E-state index in [1.807, 2.05) is 6.92 Å². The van der Waals surface area contributed by atoms with E-state index in [0.717, 1.165) is 38.2 Å². The van der Waals surface area contributed by atoms with Crippen molar-refractivity contribution in [1.82, 2.24) is 4.98 Å². The van der Waals surface area contributed by atoms with Crippen LogP contribution in [0.15, 0.2) is 18.3 Å². The number of aliphatic hydroxyl groups excluding tert-OH is 1. The molecule has 1 saturated carbocycles. The molecule has 5 nitrogen and oxygen atoms in total. The van der Waals surface area contributed by atoms with Crippen molar-refractivity contribution in [3.8, 4) is 6.07 Å². The molecule has 2 heterocycles. The number of hydrogen-bond donors (Lipinski definition) is 1. The number of ether oxygens (including phenoxy) is 1. The largest absolute Gasteiger partial charge is 0.392 e. The molecule has 1 aromatic heterocycles. The Kier molecular flexibility index (Phi) is 3.83. The lowest BCUT2D eigenvalue weighted by atomic mass is 9.58. The minimum Gasteiger partial charge on any atom is -0.392 e. The van der Waals surface area contributed by atoms with E-state index in [4.69, 9.17) is 4.74 Å².